The molecule has 3 heteroatoms. The lowest BCUT2D eigenvalue weighted by Gasteiger charge is -2.25. The van der Waals surface area contributed by atoms with E-state index in [4.69, 9.17) is 5.84 Å². The van der Waals surface area contributed by atoms with Gasteiger partial charge in [-0.2, -0.15) is 0 Å². The number of rotatable bonds is 4. The third kappa shape index (κ3) is 3.68. The Morgan fingerprint density at radius 3 is 2.18 bits per heavy atom. The molecular formula is C19H25N3. The first-order chi connectivity index (χ1) is 10.4. The van der Waals surface area contributed by atoms with Gasteiger partial charge in [-0.3, -0.25) is 5.01 Å². The second-order valence-electron chi connectivity index (χ2n) is 6.33. The highest BCUT2D eigenvalue weighted by Crippen LogP contribution is 2.29. The molecule has 2 rings (SSSR count). The number of nitrogens with zero attached hydrogens (tertiary/aromatic N) is 1. The molecule has 0 aliphatic heterocycles. The van der Waals surface area contributed by atoms with E-state index in [2.05, 4.69) is 50.4 Å². The molecule has 0 unspecified atom stereocenters. The SMILES string of the molecule is CN/C(=C\N(N)c1ccccc1)c1ccccc1C(C)(C)C. The first-order valence-electron chi connectivity index (χ1n) is 7.52. The van der Waals surface area contributed by atoms with E-state index < -0.39 is 0 Å². The second-order valence-corrected chi connectivity index (χ2v) is 6.33. The Bertz CT molecular complexity index is 639. The number of hydrazine groups is 1. The summed E-state index contributed by atoms with van der Waals surface area (Å²) in [5.74, 6) is 6.18. The van der Waals surface area contributed by atoms with Crippen LogP contribution in [0.2, 0.25) is 0 Å². The normalized spacial score (nSPS) is 12.1. The summed E-state index contributed by atoms with van der Waals surface area (Å²) >= 11 is 0. The van der Waals surface area contributed by atoms with Crippen LogP contribution in [-0.4, -0.2) is 7.05 Å². The average Bonchev–Trinajstić information content (AvgIpc) is 2.52. The van der Waals surface area contributed by atoms with Gasteiger partial charge in [-0.1, -0.05) is 63.2 Å². The van der Waals surface area contributed by atoms with Gasteiger partial charge >= 0.3 is 0 Å². The molecule has 0 heterocycles. The maximum atomic E-state index is 6.18. The molecule has 3 N–H and O–H groups in total. The summed E-state index contributed by atoms with van der Waals surface area (Å²) in [6.07, 6.45) is 1.93. The first kappa shape index (κ1) is 16.1. The van der Waals surface area contributed by atoms with Crippen molar-refractivity contribution in [3.05, 3.63) is 71.9 Å². The summed E-state index contributed by atoms with van der Waals surface area (Å²) in [4.78, 5) is 0. The van der Waals surface area contributed by atoms with Crippen molar-refractivity contribution >= 4 is 11.4 Å². The van der Waals surface area contributed by atoms with E-state index in [1.807, 2.05) is 43.6 Å². The van der Waals surface area contributed by atoms with Gasteiger partial charge in [-0.25, -0.2) is 5.84 Å². The third-order valence-electron chi connectivity index (χ3n) is 3.62. The lowest BCUT2D eigenvalue weighted by atomic mass is 9.83. The van der Waals surface area contributed by atoms with Crippen LogP contribution in [0.4, 0.5) is 5.69 Å². The summed E-state index contributed by atoms with van der Waals surface area (Å²) in [6.45, 7) is 6.66. The molecule has 2 aromatic rings. The zero-order valence-electron chi connectivity index (χ0n) is 13.8. The molecule has 0 aliphatic rings. The van der Waals surface area contributed by atoms with Crippen molar-refractivity contribution in [2.75, 3.05) is 12.1 Å². The Balaban J connectivity index is 2.43. The van der Waals surface area contributed by atoms with Crippen LogP contribution >= 0.6 is 0 Å². The van der Waals surface area contributed by atoms with Gasteiger partial charge in [0.25, 0.3) is 0 Å². The van der Waals surface area contributed by atoms with Crippen molar-refractivity contribution < 1.29 is 0 Å². The molecule has 22 heavy (non-hydrogen) atoms. The molecule has 0 bridgehead atoms. The number of hydrogen-bond acceptors (Lipinski definition) is 3. The Morgan fingerprint density at radius 1 is 1.00 bits per heavy atom. The highest BCUT2D eigenvalue weighted by molar-refractivity contribution is 5.70. The summed E-state index contributed by atoms with van der Waals surface area (Å²) < 4.78 is 0. The standard InChI is InChI=1S/C19H25N3/c1-19(2,3)17-13-9-8-12-16(17)18(21-4)14-22(20)15-10-6-5-7-11-15/h5-14,21H,20H2,1-4H3/b18-14-. The van der Waals surface area contributed by atoms with E-state index in [1.165, 1.54) is 11.1 Å². The lowest BCUT2D eigenvalue weighted by molar-refractivity contribution is 0.588. The van der Waals surface area contributed by atoms with Gasteiger partial charge < -0.3 is 5.32 Å². The molecule has 0 atom stereocenters. The Hall–Kier alpha value is -2.26. The van der Waals surface area contributed by atoms with Gasteiger partial charge in [0.2, 0.25) is 0 Å². The second kappa shape index (κ2) is 6.67. The lowest BCUT2D eigenvalue weighted by Crippen LogP contribution is -2.27. The summed E-state index contributed by atoms with van der Waals surface area (Å²) in [6, 6.07) is 18.3. The molecule has 0 aliphatic carbocycles. The predicted octanol–water partition coefficient (Wildman–Crippen LogP) is 3.88. The van der Waals surface area contributed by atoms with E-state index in [0.717, 1.165) is 11.4 Å². The van der Waals surface area contributed by atoms with Crippen LogP contribution in [-0.2, 0) is 5.41 Å². The summed E-state index contributed by atoms with van der Waals surface area (Å²) in [7, 11) is 1.92. The average molecular weight is 295 g/mol. The van der Waals surface area contributed by atoms with Crippen molar-refractivity contribution in [1.29, 1.82) is 0 Å². The molecule has 2 aromatic carbocycles. The van der Waals surface area contributed by atoms with Crippen molar-refractivity contribution in [1.82, 2.24) is 5.32 Å². The monoisotopic (exact) mass is 295 g/mol. The van der Waals surface area contributed by atoms with Gasteiger partial charge in [-0.05, 0) is 23.1 Å². The molecular weight excluding hydrogens is 270 g/mol. The van der Waals surface area contributed by atoms with Crippen LogP contribution in [0.1, 0.15) is 31.9 Å². The Morgan fingerprint density at radius 2 is 1.59 bits per heavy atom. The van der Waals surface area contributed by atoms with Gasteiger partial charge in [-0.15, -0.1) is 0 Å². The minimum atomic E-state index is 0.0682. The molecule has 0 aromatic heterocycles. The number of anilines is 1. The highest BCUT2D eigenvalue weighted by Gasteiger charge is 2.19. The molecule has 0 radical (unpaired) electrons. The molecule has 0 amide bonds. The topological polar surface area (TPSA) is 41.3 Å². The van der Waals surface area contributed by atoms with Crippen molar-refractivity contribution in [2.24, 2.45) is 5.84 Å². The van der Waals surface area contributed by atoms with Crippen molar-refractivity contribution in [3.63, 3.8) is 0 Å². The van der Waals surface area contributed by atoms with Crippen LogP contribution in [0.5, 0.6) is 0 Å². The van der Waals surface area contributed by atoms with E-state index in [-0.39, 0.29) is 5.41 Å². The summed E-state index contributed by atoms with van der Waals surface area (Å²) in [5, 5.41) is 4.92. The Kier molecular flexibility index (Phi) is 4.88. The first-order valence-corrected chi connectivity index (χ1v) is 7.52. The fraction of sp³-hybridized carbons (Fsp3) is 0.263. The third-order valence-corrected chi connectivity index (χ3v) is 3.62. The van der Waals surface area contributed by atoms with Gasteiger partial charge in [0.1, 0.15) is 0 Å². The van der Waals surface area contributed by atoms with Crippen LogP contribution in [0.3, 0.4) is 0 Å². The maximum Gasteiger partial charge on any atom is 0.0595 e. The van der Waals surface area contributed by atoms with Crippen LogP contribution in [0, 0.1) is 0 Å². The molecule has 0 fully saturated rings. The number of benzene rings is 2. The number of hydrogen-bond donors (Lipinski definition) is 2. The van der Waals surface area contributed by atoms with Crippen LogP contribution < -0.4 is 16.2 Å². The Labute approximate surface area is 133 Å². The predicted molar refractivity (Wildman–Crippen MR) is 95.3 cm³/mol. The van der Waals surface area contributed by atoms with E-state index in [9.17, 15) is 0 Å². The highest BCUT2D eigenvalue weighted by atomic mass is 15.4. The fourth-order valence-corrected chi connectivity index (χ4v) is 2.45. The van der Waals surface area contributed by atoms with Gasteiger partial charge in [0.05, 0.1) is 11.4 Å². The molecule has 116 valence electrons. The molecule has 3 nitrogen and oxygen atoms in total. The van der Waals surface area contributed by atoms with Crippen molar-refractivity contribution in [3.8, 4) is 0 Å². The molecule has 0 saturated heterocycles. The zero-order chi connectivity index (χ0) is 16.2. The number of nitrogens with two attached hydrogens (primary N) is 1. The number of para-hydroxylation sites is 1. The minimum absolute atomic E-state index is 0.0682. The molecule has 0 saturated carbocycles. The summed E-state index contributed by atoms with van der Waals surface area (Å²) in [5.41, 5.74) is 4.47. The van der Waals surface area contributed by atoms with Crippen LogP contribution in [0.25, 0.3) is 5.70 Å². The number of nitrogens with one attached hydrogen (secondary N) is 1. The van der Waals surface area contributed by atoms with E-state index in [1.54, 1.807) is 5.01 Å². The zero-order valence-corrected chi connectivity index (χ0v) is 13.8. The van der Waals surface area contributed by atoms with Gasteiger partial charge in [0.15, 0.2) is 0 Å². The van der Waals surface area contributed by atoms with Crippen LogP contribution in [0.15, 0.2) is 60.8 Å². The quantitative estimate of drug-likeness (QED) is 0.664. The van der Waals surface area contributed by atoms with E-state index >= 15 is 0 Å². The van der Waals surface area contributed by atoms with E-state index in [0.29, 0.717) is 0 Å². The molecule has 0 spiro atoms. The van der Waals surface area contributed by atoms with Crippen molar-refractivity contribution in [2.45, 2.75) is 26.2 Å². The smallest absolute Gasteiger partial charge is 0.0595 e. The largest absolute Gasteiger partial charge is 0.386 e. The minimum Gasteiger partial charge on any atom is -0.386 e. The van der Waals surface area contributed by atoms with Gasteiger partial charge in [0, 0.05) is 18.8 Å². The fourth-order valence-electron chi connectivity index (χ4n) is 2.45. The maximum absolute atomic E-state index is 6.18.